The summed E-state index contributed by atoms with van der Waals surface area (Å²) in [4.78, 5) is 4.45. The predicted octanol–water partition coefficient (Wildman–Crippen LogP) is 4.15. The van der Waals surface area contributed by atoms with E-state index in [4.69, 9.17) is 14.2 Å². The van der Waals surface area contributed by atoms with Crippen molar-refractivity contribution in [3.63, 3.8) is 0 Å². The fourth-order valence-electron chi connectivity index (χ4n) is 2.73. The Morgan fingerprint density at radius 3 is 2.74 bits per heavy atom. The van der Waals surface area contributed by atoms with Gasteiger partial charge in [-0.1, -0.05) is 13.3 Å². The first-order chi connectivity index (χ1) is 11.1. The van der Waals surface area contributed by atoms with Crippen LogP contribution in [-0.4, -0.2) is 31.6 Å². The van der Waals surface area contributed by atoms with Crippen LogP contribution in [0.5, 0.6) is 11.5 Å². The molecule has 1 heterocycles. The summed E-state index contributed by atoms with van der Waals surface area (Å²) in [6.07, 6.45) is 6.36. The molecule has 0 radical (unpaired) electrons. The number of hydrogen-bond donors (Lipinski definition) is 0. The fraction of sp³-hybridized carbons (Fsp3) is 0.500. The van der Waals surface area contributed by atoms with Crippen LogP contribution in [0.15, 0.2) is 35.5 Å². The maximum Gasteiger partial charge on any atom is 0.163 e. The highest BCUT2D eigenvalue weighted by molar-refractivity contribution is 5.96. The Hall–Kier alpha value is -1.88. The van der Waals surface area contributed by atoms with Crippen molar-refractivity contribution in [2.24, 2.45) is 4.99 Å². The molecule has 0 bridgehead atoms. The summed E-state index contributed by atoms with van der Waals surface area (Å²) in [7, 11) is 1.50. The summed E-state index contributed by atoms with van der Waals surface area (Å²) >= 11 is 0. The van der Waals surface area contributed by atoms with Crippen LogP contribution in [0.3, 0.4) is 0 Å². The van der Waals surface area contributed by atoms with E-state index in [0.717, 1.165) is 18.6 Å². The highest BCUT2D eigenvalue weighted by Gasteiger charge is 2.36. The van der Waals surface area contributed by atoms with E-state index in [2.05, 4.69) is 11.9 Å². The molecule has 1 aromatic rings. The van der Waals surface area contributed by atoms with Gasteiger partial charge in [0.25, 0.3) is 0 Å². The molecule has 2 rings (SSSR count). The van der Waals surface area contributed by atoms with Crippen LogP contribution in [0.25, 0.3) is 0 Å². The van der Waals surface area contributed by atoms with Crippen LogP contribution in [0.4, 0.5) is 4.39 Å². The van der Waals surface area contributed by atoms with Crippen molar-refractivity contribution in [2.75, 3.05) is 20.3 Å². The second-order valence-corrected chi connectivity index (χ2v) is 5.36. The van der Waals surface area contributed by atoms with Gasteiger partial charge >= 0.3 is 0 Å². The van der Waals surface area contributed by atoms with Crippen molar-refractivity contribution in [1.82, 2.24) is 0 Å². The largest absolute Gasteiger partial charge is 0.493 e. The van der Waals surface area contributed by atoms with Gasteiger partial charge in [-0.05, 0) is 31.6 Å². The molecule has 0 spiro atoms. The van der Waals surface area contributed by atoms with Crippen LogP contribution < -0.4 is 9.47 Å². The Morgan fingerprint density at radius 1 is 1.22 bits per heavy atom. The number of benzene rings is 1. The molecule has 1 unspecified atom stereocenters. The van der Waals surface area contributed by atoms with Gasteiger partial charge in [-0.2, -0.15) is 0 Å². The Balaban J connectivity index is 2.03. The molecule has 1 aromatic carbocycles. The van der Waals surface area contributed by atoms with E-state index in [1.807, 2.05) is 13.0 Å². The maximum atomic E-state index is 13.2. The van der Waals surface area contributed by atoms with Crippen LogP contribution in [0.1, 0.15) is 33.1 Å². The molecular weight excluding hydrogens is 297 g/mol. The molecule has 0 fully saturated rings. The van der Waals surface area contributed by atoms with Crippen LogP contribution in [0, 0.1) is 5.82 Å². The number of nitrogens with zero attached hydrogens (tertiary/aromatic N) is 1. The SMILES string of the molecule is CCCC1=NC=CC1(CCOc1ccc(F)cc1OC)OCC. The molecule has 4 nitrogen and oxygen atoms in total. The van der Waals surface area contributed by atoms with E-state index in [-0.39, 0.29) is 5.82 Å². The zero-order valence-corrected chi connectivity index (χ0v) is 14.0. The van der Waals surface area contributed by atoms with Crippen molar-refractivity contribution in [3.05, 3.63) is 36.3 Å². The minimum absolute atomic E-state index is 0.351. The van der Waals surface area contributed by atoms with Gasteiger partial charge in [0.2, 0.25) is 0 Å². The molecule has 1 aliphatic rings. The average Bonchev–Trinajstić information content (AvgIpc) is 2.92. The maximum absolute atomic E-state index is 13.2. The van der Waals surface area contributed by atoms with E-state index in [1.165, 1.54) is 19.2 Å². The van der Waals surface area contributed by atoms with Crippen LogP contribution in [-0.2, 0) is 4.74 Å². The highest BCUT2D eigenvalue weighted by atomic mass is 19.1. The van der Waals surface area contributed by atoms with Gasteiger partial charge in [0.15, 0.2) is 11.5 Å². The van der Waals surface area contributed by atoms with E-state index >= 15 is 0 Å². The quantitative estimate of drug-likeness (QED) is 0.686. The molecule has 0 N–H and O–H groups in total. The van der Waals surface area contributed by atoms with Gasteiger partial charge in [0, 0.05) is 25.3 Å². The normalized spacial score (nSPS) is 19.7. The first kappa shape index (κ1) is 17.5. The number of ether oxygens (including phenoxy) is 3. The fourth-order valence-corrected chi connectivity index (χ4v) is 2.73. The molecule has 5 heteroatoms. The topological polar surface area (TPSA) is 40.0 Å². The molecular formula is C18H24FNO3. The average molecular weight is 321 g/mol. The number of aliphatic imine (C=N–C) groups is 1. The van der Waals surface area contributed by atoms with Gasteiger partial charge in [0.1, 0.15) is 11.4 Å². The van der Waals surface area contributed by atoms with Gasteiger partial charge in [-0.15, -0.1) is 0 Å². The first-order valence-electron chi connectivity index (χ1n) is 8.00. The smallest absolute Gasteiger partial charge is 0.163 e. The summed E-state index contributed by atoms with van der Waals surface area (Å²) in [6, 6.07) is 4.25. The molecule has 0 saturated carbocycles. The summed E-state index contributed by atoms with van der Waals surface area (Å²) < 4.78 is 30.1. The minimum atomic E-state index is -0.488. The molecule has 126 valence electrons. The first-order valence-corrected chi connectivity index (χ1v) is 8.00. The molecule has 23 heavy (non-hydrogen) atoms. The van der Waals surface area contributed by atoms with Gasteiger partial charge in [0.05, 0.1) is 19.4 Å². The number of methoxy groups -OCH3 is 1. The number of halogens is 1. The third-order valence-corrected chi connectivity index (χ3v) is 3.81. The predicted molar refractivity (Wildman–Crippen MR) is 88.9 cm³/mol. The minimum Gasteiger partial charge on any atom is -0.493 e. The Labute approximate surface area is 137 Å². The second kappa shape index (κ2) is 8.11. The summed E-state index contributed by atoms with van der Waals surface area (Å²) in [5, 5.41) is 0. The highest BCUT2D eigenvalue weighted by Crippen LogP contribution is 2.31. The third kappa shape index (κ3) is 4.10. The van der Waals surface area contributed by atoms with Crippen molar-refractivity contribution < 1.29 is 18.6 Å². The van der Waals surface area contributed by atoms with E-state index < -0.39 is 5.60 Å². The van der Waals surface area contributed by atoms with Gasteiger partial charge in [-0.25, -0.2) is 4.39 Å². The van der Waals surface area contributed by atoms with Crippen molar-refractivity contribution >= 4 is 5.71 Å². The van der Waals surface area contributed by atoms with Crippen LogP contribution >= 0.6 is 0 Å². The molecule has 1 atom stereocenters. The summed E-state index contributed by atoms with van der Waals surface area (Å²) in [6.45, 7) is 5.13. The Morgan fingerprint density at radius 2 is 2.04 bits per heavy atom. The van der Waals surface area contributed by atoms with E-state index in [0.29, 0.717) is 31.1 Å². The molecule has 0 aliphatic carbocycles. The second-order valence-electron chi connectivity index (χ2n) is 5.36. The lowest BCUT2D eigenvalue weighted by Crippen LogP contribution is -2.39. The lowest BCUT2D eigenvalue weighted by atomic mass is 9.92. The molecule has 1 aliphatic heterocycles. The van der Waals surface area contributed by atoms with E-state index in [9.17, 15) is 4.39 Å². The zero-order chi connectivity index (χ0) is 16.7. The Kier molecular flexibility index (Phi) is 6.16. The molecule has 0 aromatic heterocycles. The van der Waals surface area contributed by atoms with Crippen molar-refractivity contribution in [2.45, 2.75) is 38.7 Å². The molecule has 0 amide bonds. The van der Waals surface area contributed by atoms with Crippen LogP contribution in [0.2, 0.25) is 0 Å². The lowest BCUT2D eigenvalue weighted by Gasteiger charge is -2.29. The number of rotatable bonds is 9. The van der Waals surface area contributed by atoms with Gasteiger partial charge in [-0.3, -0.25) is 4.99 Å². The van der Waals surface area contributed by atoms with Crippen molar-refractivity contribution in [1.29, 1.82) is 0 Å². The van der Waals surface area contributed by atoms with Crippen molar-refractivity contribution in [3.8, 4) is 11.5 Å². The summed E-state index contributed by atoms with van der Waals surface area (Å²) in [5.74, 6) is 0.562. The summed E-state index contributed by atoms with van der Waals surface area (Å²) in [5.41, 5.74) is 0.550. The lowest BCUT2D eigenvalue weighted by molar-refractivity contribution is 0.0356. The third-order valence-electron chi connectivity index (χ3n) is 3.81. The van der Waals surface area contributed by atoms with Gasteiger partial charge < -0.3 is 14.2 Å². The standard InChI is InChI=1S/C18H24FNO3/c1-4-6-17-18(23-5-2,9-11-20-17)10-12-22-15-8-7-14(19)13-16(15)21-3/h7-9,11,13H,4-6,10,12H2,1-3H3. The Bertz CT molecular complexity index is 586. The monoisotopic (exact) mass is 321 g/mol. The molecule has 0 saturated heterocycles. The van der Waals surface area contributed by atoms with E-state index in [1.54, 1.807) is 12.3 Å². The number of hydrogen-bond acceptors (Lipinski definition) is 4. The zero-order valence-electron chi connectivity index (χ0n) is 14.0.